The number of hydrogen-bond donors (Lipinski definition) is 2. The van der Waals surface area contributed by atoms with E-state index in [2.05, 4.69) is 5.32 Å². The summed E-state index contributed by atoms with van der Waals surface area (Å²) in [6, 6.07) is 7.34. The quantitative estimate of drug-likeness (QED) is 0.723. The number of aliphatic hydroxyl groups is 1. The second kappa shape index (κ2) is 8.25. The van der Waals surface area contributed by atoms with E-state index in [1.54, 1.807) is 6.07 Å². The van der Waals surface area contributed by atoms with E-state index < -0.39 is 5.41 Å². The van der Waals surface area contributed by atoms with Crippen molar-refractivity contribution in [2.75, 3.05) is 26.4 Å². The van der Waals surface area contributed by atoms with Gasteiger partial charge in [-0.1, -0.05) is 23.7 Å². The maximum atomic E-state index is 12.2. The molecule has 0 saturated heterocycles. The Hall–Kier alpha value is -1.10. The summed E-state index contributed by atoms with van der Waals surface area (Å²) >= 11 is 5.96. The number of ether oxygens (including phenoxy) is 1. The van der Waals surface area contributed by atoms with Crippen molar-refractivity contribution in [1.82, 2.24) is 5.32 Å². The SMILES string of the molecule is CC(C)(C(=O)NCCCOCCO)c1cccc(Cl)c1. The van der Waals surface area contributed by atoms with Crippen LogP contribution in [0.3, 0.4) is 0 Å². The summed E-state index contributed by atoms with van der Waals surface area (Å²) in [5, 5.41) is 12.1. The number of nitrogens with one attached hydrogen (secondary N) is 1. The van der Waals surface area contributed by atoms with Gasteiger partial charge in [0.1, 0.15) is 0 Å². The van der Waals surface area contributed by atoms with Gasteiger partial charge in [-0.3, -0.25) is 4.79 Å². The van der Waals surface area contributed by atoms with E-state index in [4.69, 9.17) is 21.4 Å². The zero-order valence-electron chi connectivity index (χ0n) is 12.0. The van der Waals surface area contributed by atoms with E-state index in [-0.39, 0.29) is 12.5 Å². The minimum atomic E-state index is -0.628. The molecular formula is C15H22ClNO3. The van der Waals surface area contributed by atoms with Crippen molar-refractivity contribution in [3.05, 3.63) is 34.9 Å². The van der Waals surface area contributed by atoms with Crippen molar-refractivity contribution >= 4 is 17.5 Å². The average Bonchev–Trinajstić information content (AvgIpc) is 2.42. The summed E-state index contributed by atoms with van der Waals surface area (Å²) in [4.78, 5) is 12.2. The van der Waals surface area contributed by atoms with Crippen LogP contribution in [-0.2, 0) is 14.9 Å². The molecule has 20 heavy (non-hydrogen) atoms. The van der Waals surface area contributed by atoms with Gasteiger partial charge in [-0.05, 0) is 38.0 Å². The van der Waals surface area contributed by atoms with Gasteiger partial charge in [-0.15, -0.1) is 0 Å². The number of amides is 1. The van der Waals surface area contributed by atoms with Crippen molar-refractivity contribution in [3.8, 4) is 0 Å². The Morgan fingerprint density at radius 1 is 1.40 bits per heavy atom. The fourth-order valence-electron chi connectivity index (χ4n) is 1.77. The Labute approximate surface area is 125 Å². The number of halogens is 1. The maximum Gasteiger partial charge on any atom is 0.230 e. The van der Waals surface area contributed by atoms with E-state index >= 15 is 0 Å². The van der Waals surface area contributed by atoms with E-state index in [1.165, 1.54) is 0 Å². The highest BCUT2D eigenvalue weighted by molar-refractivity contribution is 6.30. The molecule has 0 aliphatic carbocycles. The Kier molecular flexibility index (Phi) is 6.99. The molecule has 0 aliphatic heterocycles. The van der Waals surface area contributed by atoms with Gasteiger partial charge in [-0.2, -0.15) is 0 Å². The first-order chi connectivity index (χ1) is 9.48. The van der Waals surface area contributed by atoms with Crippen molar-refractivity contribution < 1.29 is 14.6 Å². The minimum Gasteiger partial charge on any atom is -0.394 e. The van der Waals surface area contributed by atoms with Crippen LogP contribution in [0.15, 0.2) is 24.3 Å². The molecule has 1 rings (SSSR count). The molecule has 0 heterocycles. The molecule has 0 atom stereocenters. The molecule has 112 valence electrons. The summed E-state index contributed by atoms with van der Waals surface area (Å²) in [7, 11) is 0. The van der Waals surface area contributed by atoms with Gasteiger partial charge in [-0.25, -0.2) is 0 Å². The van der Waals surface area contributed by atoms with Crippen LogP contribution in [-0.4, -0.2) is 37.4 Å². The molecule has 0 saturated carbocycles. The number of carbonyl (C=O) groups excluding carboxylic acids is 1. The van der Waals surface area contributed by atoms with Gasteiger partial charge >= 0.3 is 0 Å². The van der Waals surface area contributed by atoms with Gasteiger partial charge in [0.2, 0.25) is 5.91 Å². The highest BCUT2D eigenvalue weighted by atomic mass is 35.5. The first-order valence-corrected chi connectivity index (χ1v) is 7.09. The van der Waals surface area contributed by atoms with E-state index in [1.807, 2.05) is 32.0 Å². The van der Waals surface area contributed by atoms with Crippen molar-refractivity contribution in [2.45, 2.75) is 25.7 Å². The van der Waals surface area contributed by atoms with E-state index in [0.717, 1.165) is 12.0 Å². The highest BCUT2D eigenvalue weighted by Gasteiger charge is 2.29. The van der Waals surface area contributed by atoms with Crippen LogP contribution in [0.25, 0.3) is 0 Å². The first kappa shape index (κ1) is 17.0. The summed E-state index contributed by atoms with van der Waals surface area (Å²) in [6.45, 7) is 5.18. The van der Waals surface area contributed by atoms with Crippen LogP contribution in [0.4, 0.5) is 0 Å². The summed E-state index contributed by atoms with van der Waals surface area (Å²) < 4.78 is 5.13. The maximum absolute atomic E-state index is 12.2. The lowest BCUT2D eigenvalue weighted by molar-refractivity contribution is -0.125. The largest absolute Gasteiger partial charge is 0.394 e. The third-order valence-corrected chi connectivity index (χ3v) is 3.34. The minimum absolute atomic E-state index is 0.0220. The number of benzene rings is 1. The van der Waals surface area contributed by atoms with Gasteiger partial charge in [0.05, 0.1) is 18.6 Å². The van der Waals surface area contributed by atoms with Gasteiger partial charge in [0.15, 0.2) is 0 Å². The third kappa shape index (κ3) is 5.12. The second-order valence-electron chi connectivity index (χ2n) is 5.08. The Bertz CT molecular complexity index is 435. The molecule has 2 N–H and O–H groups in total. The van der Waals surface area contributed by atoms with Crippen LogP contribution in [0.2, 0.25) is 5.02 Å². The smallest absolute Gasteiger partial charge is 0.230 e. The predicted octanol–water partition coefficient (Wildman–Crippen LogP) is 2.13. The lowest BCUT2D eigenvalue weighted by Gasteiger charge is -2.24. The Morgan fingerprint density at radius 3 is 2.80 bits per heavy atom. The highest BCUT2D eigenvalue weighted by Crippen LogP contribution is 2.25. The Balaban J connectivity index is 2.45. The Morgan fingerprint density at radius 2 is 2.15 bits per heavy atom. The predicted molar refractivity (Wildman–Crippen MR) is 80.0 cm³/mol. The molecule has 0 aromatic heterocycles. The summed E-state index contributed by atoms with van der Waals surface area (Å²) in [5.74, 6) is -0.0399. The normalized spacial score (nSPS) is 11.4. The van der Waals surface area contributed by atoms with Crippen LogP contribution in [0.1, 0.15) is 25.8 Å². The molecule has 0 fully saturated rings. The fraction of sp³-hybridized carbons (Fsp3) is 0.533. The average molecular weight is 300 g/mol. The number of carbonyl (C=O) groups is 1. The third-order valence-electron chi connectivity index (χ3n) is 3.10. The standard InChI is InChI=1S/C15H22ClNO3/c1-15(2,12-5-3-6-13(16)11-12)14(19)17-7-4-9-20-10-8-18/h3,5-6,11,18H,4,7-10H2,1-2H3,(H,17,19). The van der Waals surface area contributed by atoms with Crippen molar-refractivity contribution in [3.63, 3.8) is 0 Å². The molecule has 0 radical (unpaired) electrons. The van der Waals surface area contributed by atoms with Crippen LogP contribution in [0, 0.1) is 0 Å². The second-order valence-corrected chi connectivity index (χ2v) is 5.52. The van der Waals surface area contributed by atoms with Gasteiger partial charge in [0, 0.05) is 18.2 Å². The summed E-state index contributed by atoms with van der Waals surface area (Å²) in [6.07, 6.45) is 0.720. The van der Waals surface area contributed by atoms with Gasteiger partial charge in [0.25, 0.3) is 0 Å². The van der Waals surface area contributed by atoms with Crippen LogP contribution < -0.4 is 5.32 Å². The number of rotatable bonds is 8. The number of hydrogen-bond acceptors (Lipinski definition) is 3. The van der Waals surface area contributed by atoms with Crippen LogP contribution >= 0.6 is 11.6 Å². The molecule has 0 aliphatic rings. The molecule has 1 aromatic carbocycles. The first-order valence-electron chi connectivity index (χ1n) is 6.71. The molecule has 5 heteroatoms. The monoisotopic (exact) mass is 299 g/mol. The molecule has 4 nitrogen and oxygen atoms in total. The van der Waals surface area contributed by atoms with Crippen molar-refractivity contribution in [2.24, 2.45) is 0 Å². The lowest BCUT2D eigenvalue weighted by Crippen LogP contribution is -2.40. The summed E-state index contributed by atoms with van der Waals surface area (Å²) in [5.41, 5.74) is 0.260. The zero-order chi connectivity index (χ0) is 15.0. The molecule has 1 aromatic rings. The topological polar surface area (TPSA) is 58.6 Å². The van der Waals surface area contributed by atoms with Crippen LogP contribution in [0.5, 0.6) is 0 Å². The zero-order valence-corrected chi connectivity index (χ0v) is 12.7. The molecule has 0 unspecified atom stereocenters. The van der Waals surface area contributed by atoms with Gasteiger partial charge < -0.3 is 15.2 Å². The molecule has 1 amide bonds. The van der Waals surface area contributed by atoms with Crippen molar-refractivity contribution in [1.29, 1.82) is 0 Å². The number of aliphatic hydroxyl groups excluding tert-OH is 1. The molecule has 0 bridgehead atoms. The van der Waals surface area contributed by atoms with E-state index in [0.29, 0.717) is 24.8 Å². The molecular weight excluding hydrogens is 278 g/mol. The molecule has 0 spiro atoms. The lowest BCUT2D eigenvalue weighted by atomic mass is 9.84. The fourth-order valence-corrected chi connectivity index (χ4v) is 1.96. The van der Waals surface area contributed by atoms with E-state index in [9.17, 15) is 4.79 Å².